The van der Waals surface area contributed by atoms with E-state index < -0.39 is 0 Å². The summed E-state index contributed by atoms with van der Waals surface area (Å²) >= 11 is 0. The lowest BCUT2D eigenvalue weighted by Gasteiger charge is -2.21. The first kappa shape index (κ1) is 85.1. The monoisotopic (exact) mass is 1730 g/mol. The maximum atomic E-state index is 2.45. The first-order chi connectivity index (χ1) is 63.8. The topological polar surface area (TPSA) is 40.2 Å². The molecule has 14 heterocycles. The quantitative estimate of drug-likeness (QED) is 0.102. The standard InChI is InChI=1S/C25H31N2.C22H25N2.C20H19N2.C20H20N.C19H18N.C16H11N2/c1-16(2)20-13-22(17(3)4)24(23(14-20)18(5)6)27-12-11-26-15-19-9-7-8-10-21(19)25(26)27;1-15(2)18-10-7-11-19(16(3)4)21(18)24-13-12-23-14-17-8-5-6-9-20(17)22(23)24;1-20(2,3)14-7-8-17-16(11-14)15-6-4-5-13-12-21-9-10-22(17)19(21)18(13)15;1-13-10-14(2)19(15(3)11-13)18-8-9-21-12-16-6-4-5-7-17(16)20(18)21;1-13-6-5-7-14(2)18(13)17-10-11-20-12-15-8-3-4-9-16(15)19(17)20;1-2-7-14-12(5-1)13-6-3-4-11-10-17-8-9-18(14)16(17)15(11)13/h7-14,16-18H,15H2,1-6H3;5-13,15-16H,14H2,1-4H3;4-11H,12H2,1-3H3;4-11,18H,12H2,1-3H3;3-11,17H,12H2,1-2H3;1-9H,10H2/q6*+1. The van der Waals surface area contributed by atoms with Crippen LogP contribution >= 0.6 is 0 Å². The van der Waals surface area contributed by atoms with Crippen LogP contribution in [0.2, 0.25) is 0 Å². The number of hydrogen-bond acceptors (Lipinski definition) is 0. The van der Waals surface area contributed by atoms with E-state index in [0.717, 1.165) is 39.3 Å². The minimum Gasteiger partial charge on any atom is -0.225 e. The van der Waals surface area contributed by atoms with Gasteiger partial charge in [-0.2, -0.15) is 27.1 Å². The molecule has 12 aromatic carbocycles. The van der Waals surface area contributed by atoms with Crippen molar-refractivity contribution in [2.24, 2.45) is 0 Å². The summed E-state index contributed by atoms with van der Waals surface area (Å²) in [5, 5.41) is 8.30. The third kappa shape index (κ3) is 14.5. The van der Waals surface area contributed by atoms with Gasteiger partial charge in [0.2, 0.25) is 11.4 Å². The molecule has 10 nitrogen and oxygen atoms in total. The highest BCUT2D eigenvalue weighted by Crippen LogP contribution is 2.45. The molecule has 0 spiro atoms. The van der Waals surface area contributed by atoms with E-state index in [1.54, 1.807) is 0 Å². The third-order valence-corrected chi connectivity index (χ3v) is 29.3. The summed E-state index contributed by atoms with van der Waals surface area (Å²) in [7, 11) is 0. The molecule has 656 valence electrons. The second-order valence-corrected chi connectivity index (χ2v) is 40.7. The van der Waals surface area contributed by atoms with Crippen molar-refractivity contribution in [1.82, 2.24) is 17.9 Å². The Hall–Kier alpha value is -13.7. The Balaban J connectivity index is 0.0000000958. The van der Waals surface area contributed by atoms with E-state index in [4.69, 9.17) is 0 Å². The Morgan fingerprint density at radius 1 is 0.318 bits per heavy atom. The molecule has 8 aliphatic rings. The fourth-order valence-corrected chi connectivity index (χ4v) is 23.0. The van der Waals surface area contributed by atoms with Gasteiger partial charge in [0.15, 0.2) is 25.5 Å². The molecular formula is C122H124N10+6. The Kier molecular flexibility index (Phi) is 21.7. The van der Waals surface area contributed by atoms with Crippen LogP contribution in [0.1, 0.15) is 248 Å². The van der Waals surface area contributed by atoms with Gasteiger partial charge in [0.05, 0.1) is 44.9 Å². The second kappa shape index (κ2) is 33.6. The average Bonchev–Trinajstić information content (AvgIpc) is 1.55. The van der Waals surface area contributed by atoms with Crippen LogP contribution in [0.5, 0.6) is 0 Å². The Bertz CT molecular complexity index is 7770. The number of para-hydroxylation sites is 2. The number of imidazole rings is 4. The van der Waals surface area contributed by atoms with Crippen LogP contribution < -0.4 is 18.3 Å². The van der Waals surface area contributed by atoms with Gasteiger partial charge in [-0.15, -0.1) is 0 Å². The second-order valence-electron chi connectivity index (χ2n) is 40.7. The van der Waals surface area contributed by atoms with E-state index in [2.05, 4.69) is 481 Å². The van der Waals surface area contributed by atoms with Crippen LogP contribution in [-0.4, -0.2) is 38.5 Å². The molecule has 0 saturated heterocycles. The Morgan fingerprint density at radius 2 is 0.697 bits per heavy atom. The minimum atomic E-state index is 0.170. The lowest BCUT2D eigenvalue weighted by atomic mass is 9.84. The predicted molar refractivity (Wildman–Crippen MR) is 543 cm³/mol. The van der Waals surface area contributed by atoms with Crippen molar-refractivity contribution in [3.8, 4) is 34.2 Å². The summed E-state index contributed by atoms with van der Waals surface area (Å²) in [4.78, 5) is 0. The van der Waals surface area contributed by atoms with Gasteiger partial charge in [-0.25, -0.2) is 18.3 Å². The van der Waals surface area contributed by atoms with E-state index in [-0.39, 0.29) is 5.41 Å². The highest BCUT2D eigenvalue weighted by Gasteiger charge is 2.43. The number of aromatic nitrogens is 8. The summed E-state index contributed by atoms with van der Waals surface area (Å²) in [6.45, 7) is 46.9. The normalized spacial score (nSPS) is 15.1. The van der Waals surface area contributed by atoms with Crippen LogP contribution in [0, 0.1) is 34.6 Å². The molecule has 10 heteroatoms. The molecule has 18 aromatic rings. The molecule has 8 aliphatic heterocycles. The van der Waals surface area contributed by atoms with Crippen molar-refractivity contribution in [2.45, 2.75) is 211 Å². The molecule has 0 radical (unpaired) electrons. The first-order valence-electron chi connectivity index (χ1n) is 48.2. The zero-order chi connectivity index (χ0) is 91.1. The molecule has 26 rings (SSSR count). The van der Waals surface area contributed by atoms with Crippen molar-refractivity contribution in [1.29, 1.82) is 0 Å². The van der Waals surface area contributed by atoms with Crippen LogP contribution in [0.15, 0.2) is 311 Å². The molecule has 0 fully saturated rings. The predicted octanol–water partition coefficient (Wildman–Crippen LogP) is 26.5. The highest BCUT2D eigenvalue weighted by molar-refractivity contribution is 6.14. The van der Waals surface area contributed by atoms with Crippen LogP contribution in [0.4, 0.5) is 0 Å². The Morgan fingerprint density at radius 3 is 1.17 bits per heavy atom. The van der Waals surface area contributed by atoms with E-state index in [0.29, 0.717) is 41.4 Å². The van der Waals surface area contributed by atoms with Crippen molar-refractivity contribution < 1.29 is 27.4 Å². The number of aryl methyl sites for hydroxylation is 5. The van der Waals surface area contributed by atoms with Gasteiger partial charge < -0.3 is 0 Å². The summed E-state index contributed by atoms with van der Waals surface area (Å²) < 4.78 is 23.8. The van der Waals surface area contributed by atoms with Gasteiger partial charge in [0, 0.05) is 77.2 Å². The zero-order valence-corrected chi connectivity index (χ0v) is 80.2. The maximum Gasteiger partial charge on any atom is 0.295 e. The maximum absolute atomic E-state index is 2.45. The number of nitrogens with zero attached hydrogens (tertiary/aromatic N) is 10. The fourth-order valence-electron chi connectivity index (χ4n) is 23.0. The molecule has 0 aliphatic carbocycles. The highest BCUT2D eigenvalue weighted by atomic mass is 15.2. The first-order valence-corrected chi connectivity index (χ1v) is 48.2. The molecule has 0 saturated carbocycles. The zero-order valence-electron chi connectivity index (χ0n) is 80.2. The summed E-state index contributed by atoms with van der Waals surface area (Å²) in [5.74, 6) is 5.92. The largest absolute Gasteiger partial charge is 0.295 e. The van der Waals surface area contributed by atoms with E-state index in [9.17, 15) is 0 Å². The number of rotatable bonds is 9. The number of fused-ring (bicyclic) bond motifs is 16. The van der Waals surface area contributed by atoms with Gasteiger partial charge in [0.1, 0.15) is 98.2 Å². The molecule has 0 amide bonds. The summed E-state index contributed by atoms with van der Waals surface area (Å²) in [5.41, 5.74) is 43.7. The van der Waals surface area contributed by atoms with Gasteiger partial charge in [-0.1, -0.05) is 290 Å². The van der Waals surface area contributed by atoms with Crippen molar-refractivity contribution >= 4 is 66.1 Å². The Labute approximate surface area is 778 Å². The minimum absolute atomic E-state index is 0.170. The molecule has 2 unspecified atom stereocenters. The fraction of sp³-hybridized carbons (Fsp3) is 0.262. The van der Waals surface area contributed by atoms with E-state index >= 15 is 0 Å². The molecule has 132 heavy (non-hydrogen) atoms. The van der Waals surface area contributed by atoms with Gasteiger partial charge in [-0.05, 0) is 169 Å². The smallest absolute Gasteiger partial charge is 0.225 e. The van der Waals surface area contributed by atoms with Gasteiger partial charge >= 0.3 is 0 Å². The molecule has 0 N–H and O–H groups in total. The number of pyridine rings is 2. The average molecular weight is 1730 g/mol. The van der Waals surface area contributed by atoms with Crippen LogP contribution in [0.25, 0.3) is 88.8 Å². The number of allylic oxidation sites excluding steroid dienone is 2. The van der Waals surface area contributed by atoms with Crippen molar-refractivity contribution in [3.63, 3.8) is 0 Å². The summed E-state index contributed by atoms with van der Waals surface area (Å²) in [6, 6.07) is 87.0. The van der Waals surface area contributed by atoms with Crippen LogP contribution in [0.3, 0.4) is 0 Å². The van der Waals surface area contributed by atoms with Crippen molar-refractivity contribution in [3.05, 3.63) is 428 Å². The van der Waals surface area contributed by atoms with E-state index in [1.807, 2.05) is 0 Å². The van der Waals surface area contributed by atoms with Crippen molar-refractivity contribution in [2.75, 3.05) is 0 Å². The van der Waals surface area contributed by atoms with Gasteiger partial charge in [-0.3, -0.25) is 0 Å². The van der Waals surface area contributed by atoms with Crippen LogP contribution in [-0.2, 0) is 44.7 Å². The molecule has 2 atom stereocenters. The van der Waals surface area contributed by atoms with E-state index in [1.165, 1.54) is 217 Å². The lowest BCUT2D eigenvalue weighted by Crippen LogP contribution is -2.30. The SMILES string of the molecule is CC(C)(C)c1ccc2c(c1)c1cccc3c1c1n2cc[n+]1C3.CC(C)c1cc(C(C)C)c(-n2cc[n+]3c2-c2ccccc2C3)c(C(C)C)c1.CC(C)c1cccc(C(C)C)c1-n1cc[n+]2c1-c1ccccc1C2.Cc1cc(C)c(C2C=C[N+]3=C2c2ccccc2C3)c(C)c1.Cc1cccc(C)c1C1C=C[N+]2=C1c1ccccc1C2.c1cc2c3c(c1)c1ccccc1n1cc[n+](c31)C2. The number of hydrogen-bond donors (Lipinski definition) is 0. The molecular weight excluding hydrogens is 1610 g/mol. The lowest BCUT2D eigenvalue weighted by molar-refractivity contribution is -0.671. The molecule has 0 bridgehead atoms. The number of benzene rings is 12. The third-order valence-electron chi connectivity index (χ3n) is 29.3. The molecule has 6 aromatic heterocycles. The summed E-state index contributed by atoms with van der Waals surface area (Å²) in [6.07, 6.45) is 26.9. The van der Waals surface area contributed by atoms with Gasteiger partial charge in [0.25, 0.3) is 22.9 Å².